The lowest BCUT2D eigenvalue weighted by Crippen LogP contribution is -2.49. The summed E-state index contributed by atoms with van der Waals surface area (Å²) in [6, 6.07) is 7.34. The predicted molar refractivity (Wildman–Crippen MR) is 128 cm³/mol. The Bertz CT molecular complexity index is 991. The van der Waals surface area contributed by atoms with Crippen molar-refractivity contribution in [3.05, 3.63) is 53.2 Å². The summed E-state index contributed by atoms with van der Waals surface area (Å²) in [6.45, 7) is 14.3. The van der Waals surface area contributed by atoms with Crippen molar-refractivity contribution in [3.63, 3.8) is 0 Å². The summed E-state index contributed by atoms with van der Waals surface area (Å²) in [6.07, 6.45) is -0.462. The largest absolute Gasteiger partial charge is 0.391 e. The average molecular weight is 456 g/mol. The molecule has 1 fully saturated rings. The van der Waals surface area contributed by atoms with E-state index >= 15 is 0 Å². The normalized spacial score (nSPS) is 19.6. The topological polar surface area (TPSA) is 82.5 Å². The van der Waals surface area contributed by atoms with Gasteiger partial charge in [-0.25, -0.2) is 4.98 Å². The number of carbonyl (C=O) groups is 2. The van der Waals surface area contributed by atoms with E-state index < -0.39 is 18.1 Å². The fourth-order valence-corrected chi connectivity index (χ4v) is 5.26. The summed E-state index contributed by atoms with van der Waals surface area (Å²) >= 11 is 1.60. The number of β-amino-alcohol motifs (C(OH)–C–C–N with tert-alkyl or cyclic N) is 1. The summed E-state index contributed by atoms with van der Waals surface area (Å²) in [4.78, 5) is 33.2. The SMILES string of the molecule is C=C(C)[C@H](C(=O)N1C[C@H](O)C[C@H]1C(=O)NCc1ccc(-c2scnc2C)cc1)C(C)(C)C. The van der Waals surface area contributed by atoms with Gasteiger partial charge in [-0.15, -0.1) is 11.3 Å². The van der Waals surface area contributed by atoms with E-state index in [1.54, 1.807) is 11.3 Å². The van der Waals surface area contributed by atoms with Gasteiger partial charge < -0.3 is 15.3 Å². The minimum Gasteiger partial charge on any atom is -0.391 e. The zero-order valence-corrected chi connectivity index (χ0v) is 20.3. The number of carbonyl (C=O) groups excluding carboxylic acids is 2. The van der Waals surface area contributed by atoms with Crippen molar-refractivity contribution in [1.29, 1.82) is 0 Å². The molecule has 2 amide bonds. The molecule has 0 saturated carbocycles. The monoisotopic (exact) mass is 455 g/mol. The van der Waals surface area contributed by atoms with Crippen molar-refractivity contribution < 1.29 is 14.7 Å². The van der Waals surface area contributed by atoms with Crippen molar-refractivity contribution >= 4 is 23.2 Å². The molecule has 2 heterocycles. The van der Waals surface area contributed by atoms with Crippen molar-refractivity contribution in [2.24, 2.45) is 11.3 Å². The molecule has 1 aromatic heterocycles. The first-order valence-corrected chi connectivity index (χ1v) is 11.8. The number of nitrogens with one attached hydrogen (secondary N) is 1. The zero-order valence-electron chi connectivity index (χ0n) is 19.5. The molecule has 1 aromatic carbocycles. The number of thiazole rings is 1. The smallest absolute Gasteiger partial charge is 0.243 e. The third-order valence-electron chi connectivity index (χ3n) is 5.90. The molecule has 7 heteroatoms. The van der Waals surface area contributed by atoms with Crippen molar-refractivity contribution in [2.75, 3.05) is 6.54 Å². The number of likely N-dealkylation sites (tertiary alicyclic amines) is 1. The van der Waals surface area contributed by atoms with Gasteiger partial charge in [-0.3, -0.25) is 9.59 Å². The van der Waals surface area contributed by atoms with E-state index in [9.17, 15) is 14.7 Å². The van der Waals surface area contributed by atoms with E-state index in [1.165, 1.54) is 4.90 Å². The Balaban J connectivity index is 1.67. The Kier molecular flexibility index (Phi) is 7.20. The first kappa shape index (κ1) is 24.1. The third kappa shape index (κ3) is 5.27. The van der Waals surface area contributed by atoms with Crippen LogP contribution in [0.2, 0.25) is 0 Å². The number of aliphatic hydroxyl groups is 1. The second-order valence-electron chi connectivity index (χ2n) is 9.72. The van der Waals surface area contributed by atoms with Gasteiger partial charge >= 0.3 is 0 Å². The Morgan fingerprint density at radius 2 is 1.97 bits per heavy atom. The molecule has 0 radical (unpaired) electrons. The van der Waals surface area contributed by atoms with Crippen LogP contribution < -0.4 is 5.32 Å². The van der Waals surface area contributed by atoms with E-state index in [0.717, 1.165) is 27.3 Å². The molecule has 3 rings (SSSR count). The Morgan fingerprint density at radius 3 is 2.50 bits per heavy atom. The fraction of sp³-hybridized carbons (Fsp3) is 0.480. The molecule has 0 bridgehead atoms. The molecule has 3 atom stereocenters. The van der Waals surface area contributed by atoms with Gasteiger partial charge in [0.05, 0.1) is 28.1 Å². The second-order valence-corrected chi connectivity index (χ2v) is 10.6. The van der Waals surface area contributed by atoms with Gasteiger partial charge in [0, 0.05) is 19.5 Å². The van der Waals surface area contributed by atoms with Crippen molar-refractivity contribution in [1.82, 2.24) is 15.2 Å². The Hall–Kier alpha value is -2.51. The summed E-state index contributed by atoms with van der Waals surface area (Å²) in [5.41, 5.74) is 5.34. The maximum absolute atomic E-state index is 13.3. The molecular weight excluding hydrogens is 422 g/mol. The molecule has 2 N–H and O–H groups in total. The molecule has 6 nitrogen and oxygen atoms in total. The highest BCUT2D eigenvalue weighted by molar-refractivity contribution is 7.13. The number of aliphatic hydroxyl groups excluding tert-OH is 1. The molecule has 1 aliphatic rings. The Labute approximate surface area is 194 Å². The summed E-state index contributed by atoms with van der Waals surface area (Å²) in [7, 11) is 0. The standard InChI is InChI=1S/C25H33N3O3S/c1-15(2)21(25(4,5)6)24(31)28-13-19(29)11-20(28)23(30)26-12-17-7-9-18(10-8-17)22-16(3)27-14-32-22/h7-10,14,19-21,29H,1,11-13H2,2-6H3,(H,26,30)/t19-,20+,21-/m1/s1. The van der Waals surface area contributed by atoms with Crippen LogP contribution in [-0.2, 0) is 16.1 Å². The molecular formula is C25H33N3O3S. The summed E-state index contributed by atoms with van der Waals surface area (Å²) < 4.78 is 0. The molecule has 32 heavy (non-hydrogen) atoms. The number of amides is 2. The lowest BCUT2D eigenvalue weighted by atomic mass is 9.76. The second kappa shape index (κ2) is 9.55. The molecule has 0 spiro atoms. The van der Waals surface area contributed by atoms with Gasteiger partial charge in [0.1, 0.15) is 6.04 Å². The summed E-state index contributed by atoms with van der Waals surface area (Å²) in [5, 5.41) is 13.2. The number of aryl methyl sites for hydroxylation is 1. The van der Waals surface area contributed by atoms with Crippen LogP contribution in [0, 0.1) is 18.3 Å². The van der Waals surface area contributed by atoms with Gasteiger partial charge in [-0.2, -0.15) is 0 Å². The fourth-order valence-electron chi connectivity index (χ4n) is 4.45. The predicted octanol–water partition coefficient (Wildman–Crippen LogP) is 3.93. The average Bonchev–Trinajstić information content (AvgIpc) is 3.30. The molecule has 172 valence electrons. The number of hydrogen-bond donors (Lipinski definition) is 2. The number of hydrogen-bond acceptors (Lipinski definition) is 5. The van der Waals surface area contributed by atoms with Crippen molar-refractivity contribution in [2.45, 2.75) is 59.7 Å². The van der Waals surface area contributed by atoms with Crippen LogP contribution >= 0.6 is 11.3 Å². The van der Waals surface area contributed by atoms with E-state index in [4.69, 9.17) is 0 Å². The van der Waals surface area contributed by atoms with Gasteiger partial charge in [0.2, 0.25) is 11.8 Å². The van der Waals surface area contributed by atoms with Gasteiger partial charge in [-0.1, -0.05) is 57.2 Å². The highest BCUT2D eigenvalue weighted by Crippen LogP contribution is 2.35. The summed E-state index contributed by atoms with van der Waals surface area (Å²) in [5.74, 6) is -0.802. The lowest BCUT2D eigenvalue weighted by Gasteiger charge is -2.35. The Morgan fingerprint density at radius 1 is 1.31 bits per heavy atom. The van der Waals surface area contributed by atoms with Crippen molar-refractivity contribution in [3.8, 4) is 10.4 Å². The number of nitrogens with zero attached hydrogens (tertiary/aromatic N) is 2. The number of benzene rings is 1. The first-order chi connectivity index (χ1) is 15.0. The molecule has 1 aliphatic heterocycles. The minimum absolute atomic E-state index is 0.147. The van der Waals surface area contributed by atoms with Crippen LogP contribution in [0.15, 0.2) is 41.9 Å². The molecule has 0 unspecified atom stereocenters. The zero-order chi connectivity index (χ0) is 23.6. The third-order valence-corrected chi connectivity index (χ3v) is 6.88. The molecule has 1 saturated heterocycles. The van der Waals surface area contributed by atoms with Crippen LogP contribution in [0.3, 0.4) is 0 Å². The maximum Gasteiger partial charge on any atom is 0.243 e. The first-order valence-electron chi connectivity index (χ1n) is 10.9. The van der Waals surface area contributed by atoms with E-state index in [0.29, 0.717) is 6.54 Å². The van der Waals surface area contributed by atoms with Gasteiger partial charge in [-0.05, 0) is 30.4 Å². The molecule has 2 aromatic rings. The highest BCUT2D eigenvalue weighted by Gasteiger charge is 2.44. The van der Waals surface area contributed by atoms with Gasteiger partial charge in [0.25, 0.3) is 0 Å². The van der Waals surface area contributed by atoms with Crippen LogP contribution in [0.5, 0.6) is 0 Å². The van der Waals surface area contributed by atoms with E-state index in [2.05, 4.69) is 16.9 Å². The van der Waals surface area contributed by atoms with Gasteiger partial charge in [0.15, 0.2) is 0 Å². The van der Waals surface area contributed by atoms with Crippen LogP contribution in [-0.4, -0.2) is 45.5 Å². The lowest BCUT2D eigenvalue weighted by molar-refractivity contribution is -0.143. The van der Waals surface area contributed by atoms with Crippen LogP contribution in [0.25, 0.3) is 10.4 Å². The highest BCUT2D eigenvalue weighted by atomic mass is 32.1. The number of aromatic nitrogens is 1. The van der Waals surface area contributed by atoms with E-state index in [-0.39, 0.29) is 30.2 Å². The number of rotatable bonds is 6. The molecule has 0 aliphatic carbocycles. The quantitative estimate of drug-likeness (QED) is 0.647. The van der Waals surface area contributed by atoms with Crippen LogP contribution in [0.4, 0.5) is 0 Å². The van der Waals surface area contributed by atoms with E-state index in [1.807, 2.05) is 64.4 Å². The maximum atomic E-state index is 13.3. The van der Waals surface area contributed by atoms with Crippen LogP contribution in [0.1, 0.15) is 45.4 Å². The minimum atomic E-state index is -0.706.